The van der Waals surface area contributed by atoms with E-state index in [9.17, 15) is 18.0 Å². The molecule has 30 heavy (non-hydrogen) atoms. The van der Waals surface area contributed by atoms with Crippen molar-refractivity contribution in [3.05, 3.63) is 45.8 Å². The number of nitrogens with one attached hydrogen (secondary N) is 1. The maximum absolute atomic E-state index is 13.1. The number of primary amides is 1. The number of piperidine rings is 1. The highest BCUT2D eigenvalue weighted by Crippen LogP contribution is 2.32. The van der Waals surface area contributed by atoms with E-state index in [-0.39, 0.29) is 27.9 Å². The Morgan fingerprint density at radius 3 is 2.40 bits per heavy atom. The molecular formula is C21H27N3O4S2. The van der Waals surface area contributed by atoms with Gasteiger partial charge in [-0.15, -0.1) is 11.3 Å². The minimum absolute atomic E-state index is 0.0881. The Morgan fingerprint density at radius 1 is 1.17 bits per heavy atom. The fourth-order valence-corrected chi connectivity index (χ4v) is 6.72. The van der Waals surface area contributed by atoms with Crippen molar-refractivity contribution in [2.75, 3.05) is 18.4 Å². The van der Waals surface area contributed by atoms with Gasteiger partial charge in [0.15, 0.2) is 0 Å². The van der Waals surface area contributed by atoms with E-state index in [4.69, 9.17) is 5.73 Å². The van der Waals surface area contributed by atoms with Crippen LogP contribution in [0.5, 0.6) is 0 Å². The molecule has 0 radical (unpaired) electrons. The minimum atomic E-state index is -3.70. The van der Waals surface area contributed by atoms with Crippen molar-refractivity contribution in [3.8, 4) is 0 Å². The normalized spacial score (nSPS) is 20.1. The standard InChI is InChI=1S/C21H27N3O4S2/c1-12-8-13(2)11-24(10-12)30(27,28)17-7-5-6-16(9-17)20(26)23-21-18(19(22)25)14(3)15(4)29-21/h5-7,9,12-13H,8,10-11H2,1-4H3,(H2,22,25)(H,23,26). The van der Waals surface area contributed by atoms with Gasteiger partial charge in [0.2, 0.25) is 10.0 Å². The summed E-state index contributed by atoms with van der Waals surface area (Å²) in [4.78, 5) is 25.6. The SMILES string of the molecule is Cc1sc(NC(=O)c2cccc(S(=O)(=O)N3CC(C)CC(C)C3)c2)c(C(N)=O)c1C. The van der Waals surface area contributed by atoms with Gasteiger partial charge < -0.3 is 11.1 Å². The van der Waals surface area contributed by atoms with Crippen LogP contribution in [0.2, 0.25) is 0 Å². The molecule has 2 aromatic rings. The highest BCUT2D eigenvalue weighted by Gasteiger charge is 2.32. The van der Waals surface area contributed by atoms with Gasteiger partial charge in [-0.05, 0) is 55.9 Å². The molecule has 9 heteroatoms. The molecule has 1 aromatic carbocycles. The van der Waals surface area contributed by atoms with E-state index < -0.39 is 21.8 Å². The first-order valence-corrected chi connectivity index (χ1v) is 12.1. The number of hydrogen-bond donors (Lipinski definition) is 2. The van der Waals surface area contributed by atoms with E-state index in [0.29, 0.717) is 18.1 Å². The molecule has 3 rings (SSSR count). The molecule has 2 amide bonds. The first kappa shape index (κ1) is 22.5. The summed E-state index contributed by atoms with van der Waals surface area (Å²) in [5.41, 5.74) is 6.68. The molecule has 0 bridgehead atoms. The van der Waals surface area contributed by atoms with Gasteiger partial charge >= 0.3 is 0 Å². The number of rotatable bonds is 5. The Bertz CT molecular complexity index is 1080. The molecule has 1 aliphatic rings. The highest BCUT2D eigenvalue weighted by molar-refractivity contribution is 7.89. The lowest BCUT2D eigenvalue weighted by atomic mass is 9.94. The summed E-state index contributed by atoms with van der Waals surface area (Å²) in [5.74, 6) is -0.534. The number of carbonyl (C=O) groups excluding carboxylic acids is 2. The topological polar surface area (TPSA) is 110 Å². The van der Waals surface area contributed by atoms with E-state index in [2.05, 4.69) is 5.32 Å². The molecule has 0 spiro atoms. The summed E-state index contributed by atoms with van der Waals surface area (Å²) in [6, 6.07) is 5.99. The van der Waals surface area contributed by atoms with Crippen molar-refractivity contribution >= 4 is 38.2 Å². The van der Waals surface area contributed by atoms with Crippen LogP contribution in [0.4, 0.5) is 5.00 Å². The van der Waals surface area contributed by atoms with E-state index >= 15 is 0 Å². The number of nitrogens with zero attached hydrogens (tertiary/aromatic N) is 1. The molecular weight excluding hydrogens is 422 g/mol. The van der Waals surface area contributed by atoms with Gasteiger partial charge in [0, 0.05) is 23.5 Å². The summed E-state index contributed by atoms with van der Waals surface area (Å²) >= 11 is 1.27. The number of sulfonamides is 1. The van der Waals surface area contributed by atoms with Crippen molar-refractivity contribution < 1.29 is 18.0 Å². The van der Waals surface area contributed by atoms with Crippen molar-refractivity contribution in [1.29, 1.82) is 0 Å². The number of anilines is 1. The third kappa shape index (κ3) is 4.43. The van der Waals surface area contributed by atoms with Crippen LogP contribution in [-0.2, 0) is 10.0 Å². The van der Waals surface area contributed by atoms with Crippen molar-refractivity contribution in [1.82, 2.24) is 4.31 Å². The zero-order valence-corrected chi connectivity index (χ0v) is 19.2. The average molecular weight is 450 g/mol. The largest absolute Gasteiger partial charge is 0.365 e. The molecule has 1 saturated heterocycles. The van der Waals surface area contributed by atoms with E-state index in [1.54, 1.807) is 19.1 Å². The molecule has 1 aliphatic heterocycles. The average Bonchev–Trinajstić information content (AvgIpc) is 2.94. The predicted octanol–water partition coefficient (Wildman–Crippen LogP) is 3.38. The molecule has 0 aliphatic carbocycles. The van der Waals surface area contributed by atoms with Crippen LogP contribution < -0.4 is 11.1 Å². The number of nitrogens with two attached hydrogens (primary N) is 1. The van der Waals surface area contributed by atoms with Crippen molar-refractivity contribution in [2.45, 2.75) is 39.0 Å². The number of hydrogen-bond acceptors (Lipinski definition) is 5. The Hall–Kier alpha value is -2.23. The zero-order valence-electron chi connectivity index (χ0n) is 17.6. The lowest BCUT2D eigenvalue weighted by Crippen LogP contribution is -2.42. The van der Waals surface area contributed by atoms with Crippen LogP contribution in [0.3, 0.4) is 0 Å². The monoisotopic (exact) mass is 449 g/mol. The zero-order chi connectivity index (χ0) is 22.2. The second-order valence-electron chi connectivity index (χ2n) is 8.10. The highest BCUT2D eigenvalue weighted by atomic mass is 32.2. The van der Waals surface area contributed by atoms with Crippen LogP contribution in [0.25, 0.3) is 0 Å². The molecule has 0 saturated carbocycles. The number of benzene rings is 1. The Kier molecular flexibility index (Phi) is 6.35. The van der Waals surface area contributed by atoms with Crippen LogP contribution in [-0.4, -0.2) is 37.6 Å². The van der Waals surface area contributed by atoms with Gasteiger partial charge in [0.05, 0.1) is 10.5 Å². The maximum atomic E-state index is 13.1. The first-order chi connectivity index (χ1) is 14.0. The molecule has 2 unspecified atom stereocenters. The Labute approximate surface area is 181 Å². The fraction of sp³-hybridized carbons (Fsp3) is 0.429. The van der Waals surface area contributed by atoms with Gasteiger partial charge in [-0.3, -0.25) is 9.59 Å². The second kappa shape index (κ2) is 8.49. The quantitative estimate of drug-likeness (QED) is 0.729. The van der Waals surface area contributed by atoms with Crippen molar-refractivity contribution in [2.24, 2.45) is 17.6 Å². The number of thiophene rings is 1. The fourth-order valence-electron chi connectivity index (χ4n) is 3.94. The Morgan fingerprint density at radius 2 is 1.80 bits per heavy atom. The smallest absolute Gasteiger partial charge is 0.256 e. The molecule has 7 nitrogen and oxygen atoms in total. The summed E-state index contributed by atoms with van der Waals surface area (Å²) < 4.78 is 27.8. The van der Waals surface area contributed by atoms with E-state index in [1.807, 2.05) is 20.8 Å². The van der Waals surface area contributed by atoms with Crippen LogP contribution in [0.1, 0.15) is 51.4 Å². The number of carbonyl (C=O) groups is 2. The van der Waals surface area contributed by atoms with Gasteiger partial charge in [-0.1, -0.05) is 19.9 Å². The van der Waals surface area contributed by atoms with Gasteiger partial charge in [-0.25, -0.2) is 8.42 Å². The first-order valence-electron chi connectivity index (χ1n) is 9.82. The lowest BCUT2D eigenvalue weighted by molar-refractivity contribution is 0.100. The van der Waals surface area contributed by atoms with Crippen molar-refractivity contribution in [3.63, 3.8) is 0 Å². The number of amides is 2. The van der Waals surface area contributed by atoms with Crippen LogP contribution >= 0.6 is 11.3 Å². The molecule has 3 N–H and O–H groups in total. The predicted molar refractivity (Wildman–Crippen MR) is 118 cm³/mol. The van der Waals surface area contributed by atoms with E-state index in [0.717, 1.165) is 16.9 Å². The lowest BCUT2D eigenvalue weighted by Gasteiger charge is -2.34. The minimum Gasteiger partial charge on any atom is -0.365 e. The maximum Gasteiger partial charge on any atom is 0.256 e. The summed E-state index contributed by atoms with van der Waals surface area (Å²) in [6.45, 7) is 8.65. The summed E-state index contributed by atoms with van der Waals surface area (Å²) in [7, 11) is -3.70. The summed E-state index contributed by atoms with van der Waals surface area (Å²) in [6.07, 6.45) is 0.996. The van der Waals surface area contributed by atoms with Gasteiger partial charge in [0.25, 0.3) is 11.8 Å². The molecule has 162 valence electrons. The van der Waals surface area contributed by atoms with E-state index in [1.165, 1.54) is 27.8 Å². The molecule has 1 aromatic heterocycles. The molecule has 2 heterocycles. The Balaban J connectivity index is 1.88. The second-order valence-corrected chi connectivity index (χ2v) is 11.3. The van der Waals surface area contributed by atoms with Crippen LogP contribution in [0, 0.1) is 25.7 Å². The van der Waals surface area contributed by atoms with Gasteiger partial charge in [0.1, 0.15) is 5.00 Å². The molecule has 1 fully saturated rings. The third-order valence-electron chi connectivity index (χ3n) is 5.43. The third-order valence-corrected chi connectivity index (χ3v) is 8.38. The number of aryl methyl sites for hydroxylation is 1. The molecule has 2 atom stereocenters. The summed E-state index contributed by atoms with van der Waals surface area (Å²) in [5, 5.41) is 3.08. The van der Waals surface area contributed by atoms with Gasteiger partial charge in [-0.2, -0.15) is 4.31 Å². The van der Waals surface area contributed by atoms with Crippen LogP contribution in [0.15, 0.2) is 29.2 Å².